The highest BCUT2D eigenvalue weighted by molar-refractivity contribution is 6.31. The van der Waals surface area contributed by atoms with E-state index in [1.807, 2.05) is 0 Å². The van der Waals surface area contributed by atoms with Crippen molar-refractivity contribution in [3.63, 3.8) is 0 Å². The summed E-state index contributed by atoms with van der Waals surface area (Å²) in [6, 6.07) is 0. The van der Waals surface area contributed by atoms with Gasteiger partial charge < -0.3 is 14.7 Å². The van der Waals surface area contributed by atoms with E-state index in [0.717, 1.165) is 4.68 Å². The van der Waals surface area contributed by atoms with Crippen LogP contribution in [0.1, 0.15) is 26.3 Å². The zero-order valence-corrected chi connectivity index (χ0v) is 13.5. The van der Waals surface area contributed by atoms with Gasteiger partial charge in [-0.15, -0.1) is 0 Å². The Morgan fingerprint density at radius 1 is 1.45 bits per heavy atom. The molecule has 0 aliphatic rings. The van der Waals surface area contributed by atoms with Crippen LogP contribution < -0.4 is 5.56 Å². The minimum Gasteiger partial charge on any atom is -0.480 e. The molecule has 0 aliphatic carbocycles. The molecular formula is C13H18ClN3O5. The number of hydrogen-bond acceptors (Lipinski definition) is 5. The zero-order valence-electron chi connectivity index (χ0n) is 12.8. The molecule has 0 radical (unpaired) electrons. The minimum absolute atomic E-state index is 0.0575. The molecule has 1 rings (SSSR count). The van der Waals surface area contributed by atoms with E-state index in [4.69, 9.17) is 21.4 Å². The number of nitrogens with zero attached hydrogens (tertiary/aromatic N) is 3. The molecule has 0 saturated heterocycles. The molecule has 1 amide bonds. The molecule has 1 heterocycles. The lowest BCUT2D eigenvalue weighted by molar-refractivity contribution is -0.138. The van der Waals surface area contributed by atoms with Crippen molar-refractivity contribution in [2.75, 3.05) is 7.05 Å². The summed E-state index contributed by atoms with van der Waals surface area (Å²) in [4.78, 5) is 35.9. The number of carbonyl (C=O) groups is 2. The molecule has 0 aliphatic heterocycles. The number of aromatic nitrogens is 2. The van der Waals surface area contributed by atoms with E-state index in [-0.39, 0.29) is 17.1 Å². The minimum atomic E-state index is -1.21. The third-order valence-electron chi connectivity index (χ3n) is 2.48. The van der Waals surface area contributed by atoms with Gasteiger partial charge in [0.25, 0.3) is 5.56 Å². The van der Waals surface area contributed by atoms with Gasteiger partial charge in [0.1, 0.15) is 12.1 Å². The second-order valence-electron chi connectivity index (χ2n) is 5.66. The Morgan fingerprint density at radius 3 is 2.55 bits per heavy atom. The first-order valence-electron chi connectivity index (χ1n) is 6.41. The summed E-state index contributed by atoms with van der Waals surface area (Å²) in [6.07, 6.45) is 0.550. The van der Waals surface area contributed by atoms with Crippen LogP contribution in [0.5, 0.6) is 0 Å². The number of aliphatic carboxylic acids is 1. The maximum atomic E-state index is 12.1. The lowest BCUT2D eigenvalue weighted by Gasteiger charge is -2.24. The van der Waals surface area contributed by atoms with Crippen molar-refractivity contribution >= 4 is 23.7 Å². The maximum Gasteiger partial charge on any atom is 0.410 e. The van der Waals surface area contributed by atoms with Gasteiger partial charge >= 0.3 is 12.1 Å². The molecule has 0 fully saturated rings. The smallest absolute Gasteiger partial charge is 0.410 e. The quantitative estimate of drug-likeness (QED) is 0.893. The fourth-order valence-corrected chi connectivity index (χ4v) is 1.72. The van der Waals surface area contributed by atoms with E-state index in [2.05, 4.69) is 5.10 Å². The largest absolute Gasteiger partial charge is 0.480 e. The molecular weight excluding hydrogens is 314 g/mol. The molecule has 1 aromatic heterocycles. The van der Waals surface area contributed by atoms with Crippen LogP contribution in [0.3, 0.4) is 0 Å². The number of rotatable bonds is 4. The van der Waals surface area contributed by atoms with Gasteiger partial charge in [-0.2, -0.15) is 5.10 Å². The van der Waals surface area contributed by atoms with E-state index in [9.17, 15) is 14.4 Å². The molecule has 122 valence electrons. The van der Waals surface area contributed by atoms with E-state index >= 15 is 0 Å². The van der Waals surface area contributed by atoms with Gasteiger partial charge in [0.05, 0.1) is 23.3 Å². The lowest BCUT2D eigenvalue weighted by atomic mass is 10.2. The van der Waals surface area contributed by atoms with Crippen molar-refractivity contribution in [1.29, 1.82) is 0 Å². The summed E-state index contributed by atoms with van der Waals surface area (Å²) in [6.45, 7) is 4.46. The van der Waals surface area contributed by atoms with E-state index in [1.54, 1.807) is 20.8 Å². The lowest BCUT2D eigenvalue weighted by Crippen LogP contribution is -2.37. The van der Waals surface area contributed by atoms with Crippen molar-refractivity contribution in [3.8, 4) is 0 Å². The first-order valence-corrected chi connectivity index (χ1v) is 6.79. The highest BCUT2D eigenvalue weighted by Crippen LogP contribution is 2.14. The Labute approximate surface area is 132 Å². The van der Waals surface area contributed by atoms with Gasteiger partial charge in [0.15, 0.2) is 0 Å². The Morgan fingerprint density at radius 2 is 2.05 bits per heavy atom. The topological polar surface area (TPSA) is 102 Å². The number of carboxylic acid groups (broad SMARTS) is 1. The standard InChI is InChI=1S/C13H18ClN3O5/c1-13(2,3)22-12(21)16(4)6-8-9(14)5-15-17(11(8)20)7-10(18)19/h5H,6-7H2,1-4H3,(H,18,19). The Bertz CT molecular complexity index is 636. The highest BCUT2D eigenvalue weighted by Gasteiger charge is 2.22. The number of carboxylic acids is 1. The van der Waals surface area contributed by atoms with E-state index in [0.29, 0.717) is 0 Å². The molecule has 0 saturated carbocycles. The molecule has 9 heteroatoms. The maximum absolute atomic E-state index is 12.1. The average Bonchev–Trinajstić information content (AvgIpc) is 2.35. The monoisotopic (exact) mass is 331 g/mol. The third-order valence-corrected chi connectivity index (χ3v) is 2.80. The average molecular weight is 332 g/mol. The van der Waals surface area contributed by atoms with Crippen molar-refractivity contribution in [2.45, 2.75) is 39.5 Å². The van der Waals surface area contributed by atoms with Crippen LogP contribution in [0.25, 0.3) is 0 Å². The summed E-state index contributed by atoms with van der Waals surface area (Å²) >= 11 is 5.92. The summed E-state index contributed by atoms with van der Waals surface area (Å²) in [5.41, 5.74) is -1.26. The third kappa shape index (κ3) is 5.03. The summed E-state index contributed by atoms with van der Waals surface area (Å²) < 4.78 is 5.94. The second-order valence-corrected chi connectivity index (χ2v) is 6.07. The van der Waals surface area contributed by atoms with Gasteiger partial charge in [-0.1, -0.05) is 11.6 Å². The van der Waals surface area contributed by atoms with E-state index in [1.165, 1.54) is 18.1 Å². The number of ether oxygens (including phenoxy) is 1. The molecule has 0 bridgehead atoms. The van der Waals surface area contributed by atoms with Crippen LogP contribution in [0.2, 0.25) is 5.02 Å². The van der Waals surface area contributed by atoms with Gasteiger partial charge in [0.2, 0.25) is 0 Å². The Kier molecular flexibility index (Phi) is 5.54. The number of halogens is 1. The van der Waals surface area contributed by atoms with Crippen LogP contribution >= 0.6 is 11.6 Å². The predicted octanol–water partition coefficient (Wildman–Crippen LogP) is 1.35. The molecule has 1 N–H and O–H groups in total. The summed E-state index contributed by atoms with van der Waals surface area (Å²) in [7, 11) is 1.45. The first kappa shape index (κ1) is 18.0. The Hall–Kier alpha value is -2.09. The zero-order chi connectivity index (χ0) is 17.1. The number of amides is 1. The van der Waals surface area contributed by atoms with Crippen LogP contribution in [-0.4, -0.2) is 44.5 Å². The van der Waals surface area contributed by atoms with Gasteiger partial charge in [-0.05, 0) is 20.8 Å². The molecule has 0 spiro atoms. The molecule has 8 nitrogen and oxygen atoms in total. The van der Waals surface area contributed by atoms with Crippen LogP contribution in [0.15, 0.2) is 11.0 Å². The van der Waals surface area contributed by atoms with E-state index < -0.39 is 29.8 Å². The molecule has 1 aromatic rings. The van der Waals surface area contributed by atoms with Crippen LogP contribution in [0.4, 0.5) is 4.79 Å². The van der Waals surface area contributed by atoms with Crippen LogP contribution in [-0.2, 0) is 22.6 Å². The van der Waals surface area contributed by atoms with Crippen molar-refractivity contribution in [2.24, 2.45) is 0 Å². The van der Waals surface area contributed by atoms with Gasteiger partial charge in [-0.3, -0.25) is 9.59 Å². The van der Waals surface area contributed by atoms with Crippen molar-refractivity contribution in [1.82, 2.24) is 14.7 Å². The SMILES string of the molecule is CN(Cc1c(Cl)cnn(CC(=O)O)c1=O)C(=O)OC(C)(C)C. The Balaban J connectivity index is 3.00. The number of hydrogen-bond donors (Lipinski definition) is 1. The predicted molar refractivity (Wildman–Crippen MR) is 78.8 cm³/mol. The summed E-state index contributed by atoms with van der Waals surface area (Å²) in [5.74, 6) is -1.21. The fourth-order valence-electron chi connectivity index (χ4n) is 1.53. The molecule has 22 heavy (non-hydrogen) atoms. The van der Waals surface area contributed by atoms with Gasteiger partial charge in [0, 0.05) is 7.05 Å². The van der Waals surface area contributed by atoms with Crippen molar-refractivity contribution in [3.05, 3.63) is 27.1 Å². The second kappa shape index (κ2) is 6.78. The molecule has 0 atom stereocenters. The first-order chi connectivity index (χ1) is 10.0. The normalized spacial score (nSPS) is 11.1. The number of carbonyl (C=O) groups excluding carboxylic acids is 1. The highest BCUT2D eigenvalue weighted by atomic mass is 35.5. The van der Waals surface area contributed by atoms with Crippen LogP contribution in [0, 0.1) is 0 Å². The van der Waals surface area contributed by atoms with Crippen molar-refractivity contribution < 1.29 is 19.4 Å². The summed E-state index contributed by atoms with van der Waals surface area (Å²) in [5, 5.41) is 12.4. The molecule has 0 unspecified atom stereocenters. The fraction of sp³-hybridized carbons (Fsp3) is 0.538. The van der Waals surface area contributed by atoms with Gasteiger partial charge in [-0.25, -0.2) is 9.48 Å². The molecule has 0 aromatic carbocycles.